The zero-order valence-electron chi connectivity index (χ0n) is 15.9. The van der Waals surface area contributed by atoms with Crippen molar-refractivity contribution in [3.05, 3.63) is 44.7 Å². The molecule has 3 rings (SSSR count). The number of hydrogen-bond donors (Lipinski definition) is 1. The van der Waals surface area contributed by atoms with Gasteiger partial charge in [0.15, 0.2) is 0 Å². The lowest BCUT2D eigenvalue weighted by molar-refractivity contribution is -0.130. The molecular weight excluding hydrogens is 460 g/mol. The number of carbonyl (C=O) groups excluding carboxylic acids is 3. The predicted octanol–water partition coefficient (Wildman–Crippen LogP) is 2.16. The molecule has 0 aliphatic carbocycles. The molecular formula is C19H21BrN4O4S. The summed E-state index contributed by atoms with van der Waals surface area (Å²) in [7, 11) is 0. The van der Waals surface area contributed by atoms with Crippen LogP contribution in [0.15, 0.2) is 34.2 Å². The number of pyridine rings is 1. The van der Waals surface area contributed by atoms with Crippen molar-refractivity contribution >= 4 is 50.9 Å². The maximum absolute atomic E-state index is 12.4. The second kappa shape index (κ2) is 9.84. The first-order valence-electron chi connectivity index (χ1n) is 9.17. The van der Waals surface area contributed by atoms with Crippen molar-refractivity contribution in [1.82, 2.24) is 15.2 Å². The van der Waals surface area contributed by atoms with Crippen molar-refractivity contribution in [3.8, 4) is 0 Å². The number of aromatic nitrogens is 1. The summed E-state index contributed by atoms with van der Waals surface area (Å²) in [5, 5.41) is 2.67. The Labute approximate surface area is 181 Å². The highest BCUT2D eigenvalue weighted by molar-refractivity contribution is 9.11. The number of hydrogen-bond acceptors (Lipinski definition) is 7. The number of esters is 1. The predicted molar refractivity (Wildman–Crippen MR) is 113 cm³/mol. The van der Waals surface area contributed by atoms with Crippen LogP contribution in [0.1, 0.15) is 27.0 Å². The summed E-state index contributed by atoms with van der Waals surface area (Å²) in [4.78, 5) is 44.8. The number of nitrogens with one attached hydrogen (secondary N) is 1. The smallest absolute Gasteiger partial charge is 0.339 e. The normalized spacial score (nSPS) is 13.9. The molecule has 1 N–H and O–H groups in total. The minimum Gasteiger partial charge on any atom is -0.462 e. The molecule has 3 heterocycles. The summed E-state index contributed by atoms with van der Waals surface area (Å²) in [5.74, 6) is -0.00143. The van der Waals surface area contributed by atoms with Gasteiger partial charge >= 0.3 is 5.97 Å². The lowest BCUT2D eigenvalue weighted by atomic mass is 10.2. The highest BCUT2D eigenvalue weighted by Gasteiger charge is 2.22. The quantitative estimate of drug-likeness (QED) is 0.636. The first-order chi connectivity index (χ1) is 14.0. The highest BCUT2D eigenvalue weighted by atomic mass is 79.9. The van der Waals surface area contributed by atoms with Gasteiger partial charge in [0.05, 0.1) is 27.4 Å². The maximum atomic E-state index is 12.4. The number of amides is 2. The van der Waals surface area contributed by atoms with E-state index < -0.39 is 0 Å². The summed E-state index contributed by atoms with van der Waals surface area (Å²) in [5.41, 5.74) is 0.415. The van der Waals surface area contributed by atoms with E-state index in [1.165, 1.54) is 17.5 Å². The van der Waals surface area contributed by atoms with E-state index in [4.69, 9.17) is 4.74 Å². The van der Waals surface area contributed by atoms with Crippen LogP contribution >= 0.6 is 27.3 Å². The topological polar surface area (TPSA) is 91.8 Å². The van der Waals surface area contributed by atoms with E-state index in [1.54, 1.807) is 36.1 Å². The van der Waals surface area contributed by atoms with Gasteiger partial charge in [0.1, 0.15) is 5.82 Å². The molecule has 0 aromatic carbocycles. The molecule has 2 aromatic rings. The van der Waals surface area contributed by atoms with Crippen molar-refractivity contribution in [2.45, 2.75) is 6.92 Å². The molecule has 0 spiro atoms. The molecule has 1 saturated heterocycles. The molecule has 0 radical (unpaired) electrons. The monoisotopic (exact) mass is 480 g/mol. The summed E-state index contributed by atoms with van der Waals surface area (Å²) in [6.45, 7) is 4.39. The van der Waals surface area contributed by atoms with Crippen LogP contribution in [0.2, 0.25) is 0 Å². The number of ether oxygens (including phenoxy) is 1. The fraction of sp³-hybridized carbons (Fsp3) is 0.368. The lowest BCUT2D eigenvalue weighted by Crippen LogP contribution is -2.51. The summed E-state index contributed by atoms with van der Waals surface area (Å²) >= 11 is 4.64. The standard InChI is InChI=1S/C19H21BrN4O4S/c1-2-28-19(27)13-3-6-16(21-11-13)23-7-9-24(10-8-23)17(25)12-22-18(26)14-4-5-15(20)29-14/h3-6,11H,2,7-10,12H2,1H3,(H,22,26). The second-order valence-electron chi connectivity index (χ2n) is 6.28. The molecule has 1 aliphatic heterocycles. The molecule has 29 heavy (non-hydrogen) atoms. The van der Waals surface area contributed by atoms with Crippen molar-refractivity contribution in [2.24, 2.45) is 0 Å². The third kappa shape index (κ3) is 5.54. The summed E-state index contributed by atoms with van der Waals surface area (Å²) < 4.78 is 5.82. The van der Waals surface area contributed by atoms with Gasteiger partial charge in [-0.1, -0.05) is 0 Å². The van der Waals surface area contributed by atoms with E-state index in [1.807, 2.05) is 0 Å². The third-order valence-electron chi connectivity index (χ3n) is 4.41. The highest BCUT2D eigenvalue weighted by Crippen LogP contribution is 2.21. The van der Waals surface area contributed by atoms with Crippen LogP contribution in [0.4, 0.5) is 5.82 Å². The Morgan fingerprint density at radius 3 is 2.52 bits per heavy atom. The second-order valence-corrected chi connectivity index (χ2v) is 8.74. The Kier molecular flexibility index (Phi) is 7.21. The molecule has 154 valence electrons. The van der Waals surface area contributed by atoms with Crippen LogP contribution in [0, 0.1) is 0 Å². The van der Waals surface area contributed by atoms with Gasteiger partial charge in [0, 0.05) is 32.4 Å². The molecule has 0 atom stereocenters. The number of rotatable bonds is 6. The average molecular weight is 481 g/mol. The number of anilines is 1. The molecule has 1 fully saturated rings. The third-order valence-corrected chi connectivity index (χ3v) is 6.03. The van der Waals surface area contributed by atoms with E-state index in [0.29, 0.717) is 43.2 Å². The zero-order valence-corrected chi connectivity index (χ0v) is 18.3. The first kappa shape index (κ1) is 21.3. The SMILES string of the molecule is CCOC(=O)c1ccc(N2CCN(C(=O)CNC(=O)c3ccc(Br)s3)CC2)nc1. The Balaban J connectivity index is 1.46. The van der Waals surface area contributed by atoms with Gasteiger partial charge in [-0.05, 0) is 47.1 Å². The average Bonchev–Trinajstić information content (AvgIpc) is 3.18. The zero-order chi connectivity index (χ0) is 20.8. The number of carbonyl (C=O) groups is 3. The molecule has 0 unspecified atom stereocenters. The Bertz CT molecular complexity index is 879. The van der Waals surface area contributed by atoms with Gasteiger partial charge in [-0.15, -0.1) is 11.3 Å². The van der Waals surface area contributed by atoms with E-state index in [-0.39, 0.29) is 24.3 Å². The molecule has 1 aliphatic rings. The lowest BCUT2D eigenvalue weighted by Gasteiger charge is -2.35. The van der Waals surface area contributed by atoms with Crippen LogP contribution in [0.3, 0.4) is 0 Å². The molecule has 0 bridgehead atoms. The van der Waals surface area contributed by atoms with Crippen LogP contribution in [0.5, 0.6) is 0 Å². The van der Waals surface area contributed by atoms with Crippen LogP contribution in [-0.4, -0.2) is 67.0 Å². The van der Waals surface area contributed by atoms with E-state index in [2.05, 4.69) is 31.1 Å². The van der Waals surface area contributed by atoms with Crippen molar-refractivity contribution in [1.29, 1.82) is 0 Å². The molecule has 2 amide bonds. The first-order valence-corrected chi connectivity index (χ1v) is 10.8. The van der Waals surface area contributed by atoms with Crippen LogP contribution in [0.25, 0.3) is 0 Å². The van der Waals surface area contributed by atoms with Gasteiger partial charge in [0.2, 0.25) is 5.91 Å². The molecule has 0 saturated carbocycles. The fourth-order valence-electron chi connectivity index (χ4n) is 2.88. The maximum Gasteiger partial charge on any atom is 0.339 e. The van der Waals surface area contributed by atoms with E-state index in [0.717, 1.165) is 9.60 Å². The van der Waals surface area contributed by atoms with Gasteiger partial charge in [-0.2, -0.15) is 0 Å². The summed E-state index contributed by atoms with van der Waals surface area (Å²) in [6, 6.07) is 6.99. The Morgan fingerprint density at radius 2 is 1.93 bits per heavy atom. The largest absolute Gasteiger partial charge is 0.462 e. The van der Waals surface area contributed by atoms with Gasteiger partial charge in [-0.25, -0.2) is 9.78 Å². The summed E-state index contributed by atoms with van der Waals surface area (Å²) in [6.07, 6.45) is 1.50. The van der Waals surface area contributed by atoms with Gasteiger partial charge in [0.25, 0.3) is 5.91 Å². The van der Waals surface area contributed by atoms with Crippen molar-refractivity contribution < 1.29 is 19.1 Å². The molecule has 8 nitrogen and oxygen atoms in total. The number of nitrogens with zero attached hydrogens (tertiary/aromatic N) is 3. The van der Waals surface area contributed by atoms with Gasteiger partial charge in [-0.3, -0.25) is 9.59 Å². The van der Waals surface area contributed by atoms with Crippen molar-refractivity contribution in [2.75, 3.05) is 44.2 Å². The minimum absolute atomic E-state index is 0.0269. The molecule has 2 aromatic heterocycles. The van der Waals surface area contributed by atoms with E-state index in [9.17, 15) is 14.4 Å². The Hall–Kier alpha value is -2.46. The number of halogens is 1. The fourth-order valence-corrected chi connectivity index (χ4v) is 4.19. The Morgan fingerprint density at radius 1 is 1.17 bits per heavy atom. The van der Waals surface area contributed by atoms with Crippen LogP contribution in [-0.2, 0) is 9.53 Å². The van der Waals surface area contributed by atoms with Crippen molar-refractivity contribution in [3.63, 3.8) is 0 Å². The van der Waals surface area contributed by atoms with Crippen LogP contribution < -0.4 is 10.2 Å². The van der Waals surface area contributed by atoms with Gasteiger partial charge < -0.3 is 19.9 Å². The number of thiophene rings is 1. The minimum atomic E-state index is -0.390. The number of piperazine rings is 1. The van der Waals surface area contributed by atoms with E-state index >= 15 is 0 Å². The molecule has 10 heteroatoms.